The summed E-state index contributed by atoms with van der Waals surface area (Å²) < 4.78 is 15.9. The highest BCUT2D eigenvalue weighted by molar-refractivity contribution is 6.06. The first-order chi connectivity index (χ1) is 15.5. The van der Waals surface area contributed by atoms with Crippen molar-refractivity contribution in [1.82, 2.24) is 25.3 Å². The van der Waals surface area contributed by atoms with Crippen molar-refractivity contribution >= 4 is 23.4 Å². The number of amides is 3. The summed E-state index contributed by atoms with van der Waals surface area (Å²) >= 11 is 0. The number of carbonyl (C=O) groups excluding carboxylic acids is 3. The molecule has 0 spiro atoms. The molecule has 3 amide bonds. The highest BCUT2D eigenvalue weighted by Gasteiger charge is 2.39. The summed E-state index contributed by atoms with van der Waals surface area (Å²) in [5.41, 5.74) is 3.03. The Labute approximate surface area is 184 Å². The van der Waals surface area contributed by atoms with E-state index in [0.29, 0.717) is 38.0 Å². The van der Waals surface area contributed by atoms with Crippen LogP contribution in [0.3, 0.4) is 0 Å². The molecule has 4 heterocycles. The van der Waals surface area contributed by atoms with Gasteiger partial charge in [0.25, 0.3) is 5.91 Å². The molecular formula is C22H25FN6O3. The molecule has 0 bridgehead atoms. The van der Waals surface area contributed by atoms with Crippen LogP contribution < -0.4 is 16.0 Å². The fraction of sp³-hybridized carbons (Fsp3) is 0.455. The van der Waals surface area contributed by atoms with Crippen LogP contribution in [0.25, 0.3) is 0 Å². The van der Waals surface area contributed by atoms with E-state index in [9.17, 15) is 18.8 Å². The Kier molecular flexibility index (Phi) is 5.38. The van der Waals surface area contributed by atoms with Gasteiger partial charge in [0.2, 0.25) is 11.8 Å². The number of hydrogen-bond donors (Lipinski definition) is 3. The molecule has 2 aromatic rings. The smallest absolute Gasteiger partial charge is 0.255 e. The summed E-state index contributed by atoms with van der Waals surface area (Å²) in [6.07, 6.45) is 3.72. The topological polar surface area (TPSA) is 108 Å². The molecule has 0 radical (unpaired) electrons. The second kappa shape index (κ2) is 8.34. The first kappa shape index (κ1) is 20.6. The second-order valence-corrected chi connectivity index (χ2v) is 8.49. The van der Waals surface area contributed by atoms with E-state index in [4.69, 9.17) is 0 Å². The van der Waals surface area contributed by atoms with Gasteiger partial charge in [-0.1, -0.05) is 18.2 Å². The number of piperidine rings is 2. The van der Waals surface area contributed by atoms with Gasteiger partial charge in [0.1, 0.15) is 12.2 Å². The number of halogens is 1. The molecule has 9 nitrogen and oxygen atoms in total. The van der Waals surface area contributed by atoms with Crippen LogP contribution in [-0.2, 0) is 22.7 Å². The standard InChI is InChI=1S/C22H25FN6O3/c23-16-10-24-7-6-17(16)29-12-15(9-26-29)25-8-13-2-1-3-14-11-28(22(32)20(13)14)18-4-5-19(30)27-21(18)31/h1-3,9,12,16-18,24-25H,4-8,10-11H2,(H,27,30,31)/t16-,17-,18?/m1/s1. The van der Waals surface area contributed by atoms with Crippen molar-refractivity contribution in [1.29, 1.82) is 0 Å². The van der Waals surface area contributed by atoms with Crippen molar-refractivity contribution < 1.29 is 18.8 Å². The van der Waals surface area contributed by atoms with E-state index < -0.39 is 18.1 Å². The molecule has 168 valence electrons. The highest BCUT2D eigenvalue weighted by atomic mass is 19.1. The Morgan fingerprint density at radius 3 is 2.91 bits per heavy atom. The van der Waals surface area contributed by atoms with Crippen LogP contribution >= 0.6 is 0 Å². The third-order valence-corrected chi connectivity index (χ3v) is 6.44. The Morgan fingerprint density at radius 1 is 1.22 bits per heavy atom. The minimum absolute atomic E-state index is 0.197. The van der Waals surface area contributed by atoms with Crippen molar-refractivity contribution in [2.24, 2.45) is 0 Å². The van der Waals surface area contributed by atoms with Gasteiger partial charge in [-0.3, -0.25) is 24.4 Å². The largest absolute Gasteiger partial charge is 0.378 e. The van der Waals surface area contributed by atoms with Crippen molar-refractivity contribution in [3.05, 3.63) is 47.3 Å². The molecular weight excluding hydrogens is 415 g/mol. The van der Waals surface area contributed by atoms with Crippen LogP contribution in [-0.4, -0.2) is 57.7 Å². The minimum Gasteiger partial charge on any atom is -0.378 e. The molecule has 0 saturated carbocycles. The van der Waals surface area contributed by atoms with Gasteiger partial charge < -0.3 is 15.5 Å². The van der Waals surface area contributed by atoms with Crippen LogP contribution in [0.2, 0.25) is 0 Å². The van der Waals surface area contributed by atoms with Crippen LogP contribution in [0.4, 0.5) is 10.1 Å². The summed E-state index contributed by atoms with van der Waals surface area (Å²) in [6.45, 7) is 1.83. The number of benzene rings is 1. The van der Waals surface area contributed by atoms with E-state index in [-0.39, 0.29) is 24.3 Å². The van der Waals surface area contributed by atoms with Crippen LogP contribution in [0.15, 0.2) is 30.6 Å². The third-order valence-electron chi connectivity index (χ3n) is 6.44. The van der Waals surface area contributed by atoms with Crippen molar-refractivity contribution in [3.8, 4) is 0 Å². The fourth-order valence-corrected chi connectivity index (χ4v) is 4.75. The molecule has 2 fully saturated rings. The molecule has 2 saturated heterocycles. The van der Waals surface area contributed by atoms with Gasteiger partial charge >= 0.3 is 0 Å². The number of alkyl halides is 1. The van der Waals surface area contributed by atoms with Crippen LogP contribution in [0.5, 0.6) is 0 Å². The summed E-state index contributed by atoms with van der Waals surface area (Å²) in [5, 5.41) is 13.0. The fourth-order valence-electron chi connectivity index (χ4n) is 4.75. The van der Waals surface area contributed by atoms with Gasteiger partial charge in [-0.15, -0.1) is 0 Å². The van der Waals surface area contributed by atoms with E-state index in [1.54, 1.807) is 22.0 Å². The van der Waals surface area contributed by atoms with Gasteiger partial charge in [-0.05, 0) is 30.5 Å². The monoisotopic (exact) mass is 440 g/mol. The predicted molar refractivity (Wildman–Crippen MR) is 113 cm³/mol. The summed E-state index contributed by atoms with van der Waals surface area (Å²) in [4.78, 5) is 38.4. The van der Waals surface area contributed by atoms with Gasteiger partial charge in [0.05, 0.1) is 17.9 Å². The zero-order chi connectivity index (χ0) is 22.2. The molecule has 1 aromatic heterocycles. The zero-order valence-electron chi connectivity index (χ0n) is 17.5. The maximum Gasteiger partial charge on any atom is 0.255 e. The predicted octanol–water partition coefficient (Wildman–Crippen LogP) is 1.13. The summed E-state index contributed by atoms with van der Waals surface area (Å²) in [5.74, 6) is -0.916. The molecule has 3 atom stereocenters. The second-order valence-electron chi connectivity index (χ2n) is 8.49. The number of aromatic nitrogens is 2. The van der Waals surface area contributed by atoms with E-state index in [1.165, 1.54) is 0 Å². The normalized spacial score (nSPS) is 25.6. The number of nitrogens with zero attached hydrogens (tertiary/aromatic N) is 3. The van der Waals surface area contributed by atoms with E-state index >= 15 is 0 Å². The van der Waals surface area contributed by atoms with Gasteiger partial charge in [0, 0.05) is 37.8 Å². The number of nitrogens with one attached hydrogen (secondary N) is 3. The zero-order valence-corrected chi connectivity index (χ0v) is 17.5. The number of hydrogen-bond acceptors (Lipinski definition) is 6. The Bertz CT molecular complexity index is 1070. The highest BCUT2D eigenvalue weighted by Crippen LogP contribution is 2.30. The molecule has 5 rings (SSSR count). The minimum atomic E-state index is -0.982. The number of carbonyl (C=O) groups is 3. The lowest BCUT2D eigenvalue weighted by Gasteiger charge is -2.29. The SMILES string of the molecule is O=C1CCC(N2Cc3cccc(CNc4cnn([C@@H]5CCNC[C@H]5F)c4)c3C2=O)C(=O)N1. The van der Waals surface area contributed by atoms with Gasteiger partial charge in [0.15, 0.2) is 0 Å². The lowest BCUT2D eigenvalue weighted by Crippen LogP contribution is -2.52. The molecule has 10 heteroatoms. The quantitative estimate of drug-likeness (QED) is 0.602. The molecule has 1 unspecified atom stereocenters. The van der Waals surface area contributed by atoms with Gasteiger partial charge in [-0.25, -0.2) is 4.39 Å². The maximum absolute atomic E-state index is 14.2. The molecule has 3 N–H and O–H groups in total. The van der Waals surface area contributed by atoms with Crippen molar-refractivity contribution in [2.75, 3.05) is 18.4 Å². The van der Waals surface area contributed by atoms with Gasteiger partial charge in [-0.2, -0.15) is 5.10 Å². The lowest BCUT2D eigenvalue weighted by atomic mass is 10.0. The Balaban J connectivity index is 1.29. The van der Waals surface area contributed by atoms with E-state index in [0.717, 1.165) is 23.4 Å². The summed E-state index contributed by atoms with van der Waals surface area (Å²) in [6, 6.07) is 4.75. The molecule has 32 heavy (non-hydrogen) atoms. The van der Waals surface area contributed by atoms with Crippen LogP contribution in [0, 0.1) is 0 Å². The maximum atomic E-state index is 14.2. The lowest BCUT2D eigenvalue weighted by molar-refractivity contribution is -0.136. The Hall–Kier alpha value is -3.27. The number of fused-ring (bicyclic) bond motifs is 1. The van der Waals surface area contributed by atoms with E-state index in [1.807, 2.05) is 18.2 Å². The average molecular weight is 440 g/mol. The Morgan fingerprint density at radius 2 is 2.09 bits per heavy atom. The third kappa shape index (κ3) is 3.75. The first-order valence-corrected chi connectivity index (χ1v) is 10.9. The van der Waals surface area contributed by atoms with Crippen LogP contribution in [0.1, 0.15) is 46.8 Å². The number of anilines is 1. The summed E-state index contributed by atoms with van der Waals surface area (Å²) in [7, 11) is 0. The molecule has 1 aromatic carbocycles. The molecule has 3 aliphatic rings. The first-order valence-electron chi connectivity index (χ1n) is 10.9. The van der Waals surface area contributed by atoms with Crippen molar-refractivity contribution in [3.63, 3.8) is 0 Å². The van der Waals surface area contributed by atoms with Crippen molar-refractivity contribution in [2.45, 2.75) is 50.6 Å². The molecule has 0 aliphatic carbocycles. The number of rotatable bonds is 5. The van der Waals surface area contributed by atoms with E-state index in [2.05, 4.69) is 21.0 Å². The molecule has 3 aliphatic heterocycles. The number of imide groups is 1. The average Bonchev–Trinajstić information content (AvgIpc) is 3.38.